The van der Waals surface area contributed by atoms with Gasteiger partial charge in [0.05, 0.1) is 6.21 Å². The summed E-state index contributed by atoms with van der Waals surface area (Å²) in [6, 6.07) is 10.9. The summed E-state index contributed by atoms with van der Waals surface area (Å²) in [4.78, 5) is 0. The van der Waals surface area contributed by atoms with Crippen molar-refractivity contribution in [3.05, 3.63) is 58.8 Å². The van der Waals surface area contributed by atoms with Gasteiger partial charge in [0.15, 0.2) is 5.82 Å². The molecule has 130 valence electrons. The summed E-state index contributed by atoms with van der Waals surface area (Å²) in [6.45, 7) is 4.23. The van der Waals surface area contributed by atoms with E-state index < -0.39 is 0 Å². The van der Waals surface area contributed by atoms with Crippen molar-refractivity contribution in [1.29, 1.82) is 0 Å². The lowest BCUT2D eigenvalue weighted by Crippen LogP contribution is -1.96. The van der Waals surface area contributed by atoms with Crippen LogP contribution in [0.15, 0.2) is 51.1 Å². The molecule has 0 radical (unpaired) electrons. The number of hydrogen-bond acceptors (Lipinski definition) is 6. The summed E-state index contributed by atoms with van der Waals surface area (Å²) < 4.78 is 13.1. The average Bonchev–Trinajstić information content (AvgIpc) is 3.19. The van der Waals surface area contributed by atoms with Crippen LogP contribution in [0.25, 0.3) is 0 Å². The second kappa shape index (κ2) is 8.22. The second-order valence-electron chi connectivity index (χ2n) is 5.07. The average molecular weight is 377 g/mol. The lowest BCUT2D eigenvalue weighted by atomic mass is 10.3. The first-order valence-electron chi connectivity index (χ1n) is 7.72. The Balaban J connectivity index is 1.64. The molecule has 0 N–H and O–H groups in total. The van der Waals surface area contributed by atoms with Crippen molar-refractivity contribution in [2.75, 3.05) is 5.75 Å². The van der Waals surface area contributed by atoms with E-state index in [9.17, 15) is 0 Å². The third kappa shape index (κ3) is 4.64. The predicted molar refractivity (Wildman–Crippen MR) is 98.6 cm³/mol. The Morgan fingerprint density at radius 2 is 2.20 bits per heavy atom. The van der Waals surface area contributed by atoms with Crippen molar-refractivity contribution in [3.8, 4) is 5.75 Å². The number of aryl methyl sites for hydroxylation is 1. The van der Waals surface area contributed by atoms with Gasteiger partial charge in [0.2, 0.25) is 5.16 Å². The molecule has 2 heterocycles. The van der Waals surface area contributed by atoms with Gasteiger partial charge in [0, 0.05) is 5.02 Å². The van der Waals surface area contributed by atoms with Crippen molar-refractivity contribution < 1.29 is 9.15 Å². The molecule has 0 bridgehead atoms. The minimum atomic E-state index is 0.316. The quantitative estimate of drug-likeness (QED) is 0.451. The van der Waals surface area contributed by atoms with Gasteiger partial charge in [-0.2, -0.15) is 9.78 Å². The molecular weight excluding hydrogens is 360 g/mol. The Hall–Kier alpha value is -2.25. The number of thioether (sulfide) groups is 1. The largest absolute Gasteiger partial charge is 0.486 e. The predicted octanol–water partition coefficient (Wildman–Crippen LogP) is 4.41. The standard InChI is InChI=1S/C17H17ClN4O2S/c1-3-25-17-21-20-12(2)22(17)19-10-15-7-8-16(24-15)11-23-14-6-4-5-13(18)9-14/h4-10H,3,11H2,1-2H3. The molecule has 0 amide bonds. The van der Waals surface area contributed by atoms with Crippen molar-refractivity contribution in [3.63, 3.8) is 0 Å². The summed E-state index contributed by atoms with van der Waals surface area (Å²) in [7, 11) is 0. The molecule has 3 aromatic rings. The Kier molecular flexibility index (Phi) is 5.78. The van der Waals surface area contributed by atoms with Crippen LogP contribution in [0.5, 0.6) is 5.75 Å². The molecule has 2 aromatic heterocycles. The Morgan fingerprint density at radius 1 is 1.32 bits per heavy atom. The van der Waals surface area contributed by atoms with Gasteiger partial charge in [-0.3, -0.25) is 0 Å². The topological polar surface area (TPSA) is 65.4 Å². The minimum absolute atomic E-state index is 0.316. The van der Waals surface area contributed by atoms with Gasteiger partial charge >= 0.3 is 0 Å². The zero-order chi connectivity index (χ0) is 17.6. The van der Waals surface area contributed by atoms with Gasteiger partial charge in [-0.15, -0.1) is 10.2 Å². The number of benzene rings is 1. The van der Waals surface area contributed by atoms with Crippen LogP contribution in [0, 0.1) is 6.92 Å². The molecule has 0 saturated carbocycles. The lowest BCUT2D eigenvalue weighted by molar-refractivity contribution is 0.270. The van der Waals surface area contributed by atoms with Crippen molar-refractivity contribution in [2.45, 2.75) is 25.6 Å². The van der Waals surface area contributed by atoms with Gasteiger partial charge < -0.3 is 9.15 Å². The maximum Gasteiger partial charge on any atom is 0.212 e. The number of hydrogen-bond donors (Lipinski definition) is 0. The number of ether oxygens (including phenoxy) is 1. The van der Waals surface area contributed by atoms with E-state index >= 15 is 0 Å². The number of furan rings is 1. The van der Waals surface area contributed by atoms with Gasteiger partial charge in [0.25, 0.3) is 0 Å². The monoisotopic (exact) mass is 376 g/mol. The first kappa shape index (κ1) is 17.6. The van der Waals surface area contributed by atoms with E-state index in [2.05, 4.69) is 22.2 Å². The van der Waals surface area contributed by atoms with Crippen LogP contribution in [0.2, 0.25) is 5.02 Å². The molecule has 0 aliphatic heterocycles. The van der Waals surface area contributed by atoms with E-state index in [1.807, 2.05) is 31.2 Å². The number of nitrogens with zero attached hydrogens (tertiary/aromatic N) is 4. The molecule has 0 atom stereocenters. The van der Waals surface area contributed by atoms with Crippen LogP contribution in [-0.4, -0.2) is 26.8 Å². The van der Waals surface area contributed by atoms with E-state index in [0.29, 0.717) is 28.9 Å². The molecule has 0 aliphatic carbocycles. The lowest BCUT2D eigenvalue weighted by Gasteiger charge is -2.03. The summed E-state index contributed by atoms with van der Waals surface area (Å²) >= 11 is 7.52. The van der Waals surface area contributed by atoms with Crippen LogP contribution in [0.3, 0.4) is 0 Å². The highest BCUT2D eigenvalue weighted by molar-refractivity contribution is 7.99. The number of rotatable bonds is 7. The van der Waals surface area contributed by atoms with Crippen LogP contribution < -0.4 is 4.74 Å². The van der Waals surface area contributed by atoms with E-state index in [-0.39, 0.29) is 0 Å². The molecule has 0 unspecified atom stereocenters. The van der Waals surface area contributed by atoms with Gasteiger partial charge in [0.1, 0.15) is 23.9 Å². The molecule has 6 nitrogen and oxygen atoms in total. The van der Waals surface area contributed by atoms with Crippen LogP contribution >= 0.6 is 23.4 Å². The zero-order valence-corrected chi connectivity index (χ0v) is 15.4. The highest BCUT2D eigenvalue weighted by Gasteiger charge is 2.07. The normalized spacial score (nSPS) is 11.3. The first-order chi connectivity index (χ1) is 12.2. The van der Waals surface area contributed by atoms with Crippen LogP contribution in [0.1, 0.15) is 24.3 Å². The molecule has 0 fully saturated rings. The van der Waals surface area contributed by atoms with E-state index in [1.54, 1.807) is 34.8 Å². The number of halogens is 1. The highest BCUT2D eigenvalue weighted by Crippen LogP contribution is 2.19. The Bertz CT molecular complexity index is 875. The molecule has 1 aromatic carbocycles. The smallest absolute Gasteiger partial charge is 0.212 e. The van der Waals surface area contributed by atoms with E-state index in [4.69, 9.17) is 20.8 Å². The van der Waals surface area contributed by atoms with Gasteiger partial charge in [-0.25, -0.2) is 0 Å². The van der Waals surface area contributed by atoms with Gasteiger partial charge in [-0.05, 0) is 43.0 Å². The Morgan fingerprint density at radius 3 is 3.00 bits per heavy atom. The fourth-order valence-corrected chi connectivity index (χ4v) is 2.90. The van der Waals surface area contributed by atoms with E-state index in [0.717, 1.165) is 16.7 Å². The maximum absolute atomic E-state index is 5.93. The fourth-order valence-electron chi connectivity index (χ4n) is 2.06. The molecule has 25 heavy (non-hydrogen) atoms. The molecule has 0 spiro atoms. The first-order valence-corrected chi connectivity index (χ1v) is 9.08. The molecule has 3 rings (SSSR count). The van der Waals surface area contributed by atoms with Crippen LogP contribution in [0.4, 0.5) is 0 Å². The maximum atomic E-state index is 5.93. The molecule has 0 saturated heterocycles. The summed E-state index contributed by atoms with van der Waals surface area (Å²) in [5.74, 6) is 3.65. The third-order valence-corrected chi connectivity index (χ3v) is 4.24. The van der Waals surface area contributed by atoms with Gasteiger partial charge in [-0.1, -0.05) is 36.4 Å². The van der Waals surface area contributed by atoms with Crippen molar-refractivity contribution in [1.82, 2.24) is 14.9 Å². The third-order valence-electron chi connectivity index (χ3n) is 3.20. The molecule has 8 heteroatoms. The molecule has 0 aliphatic rings. The highest BCUT2D eigenvalue weighted by atomic mass is 35.5. The second-order valence-corrected chi connectivity index (χ2v) is 6.74. The zero-order valence-electron chi connectivity index (χ0n) is 13.8. The summed E-state index contributed by atoms with van der Waals surface area (Å²) in [6.07, 6.45) is 1.64. The summed E-state index contributed by atoms with van der Waals surface area (Å²) in [5, 5.41) is 13.9. The van der Waals surface area contributed by atoms with Crippen LogP contribution in [-0.2, 0) is 6.61 Å². The fraction of sp³-hybridized carbons (Fsp3) is 0.235. The Labute approximate surface area is 154 Å². The minimum Gasteiger partial charge on any atom is -0.486 e. The SMILES string of the molecule is CCSc1nnc(C)n1N=Cc1ccc(COc2cccc(Cl)c2)o1. The molecular formula is C17H17ClN4O2S. The van der Waals surface area contributed by atoms with Crippen molar-refractivity contribution >= 4 is 29.6 Å². The van der Waals surface area contributed by atoms with E-state index in [1.165, 1.54) is 0 Å². The number of aromatic nitrogens is 3. The van der Waals surface area contributed by atoms with Crippen molar-refractivity contribution in [2.24, 2.45) is 5.10 Å². The summed E-state index contributed by atoms with van der Waals surface area (Å²) in [5.41, 5.74) is 0.